The smallest absolute Gasteiger partial charge is 0.261 e. The van der Waals surface area contributed by atoms with Crippen molar-refractivity contribution < 1.29 is 21.6 Å². The van der Waals surface area contributed by atoms with E-state index in [1.807, 2.05) is 12.1 Å². The van der Waals surface area contributed by atoms with E-state index in [9.17, 15) is 21.6 Å². The quantitative estimate of drug-likeness (QED) is 0.674. The van der Waals surface area contributed by atoms with Gasteiger partial charge in [0.15, 0.2) is 0 Å². The lowest BCUT2D eigenvalue weighted by Gasteiger charge is -2.33. The maximum absolute atomic E-state index is 12.9. The van der Waals surface area contributed by atoms with Crippen LogP contribution in [0, 0.1) is 5.92 Å². The van der Waals surface area contributed by atoms with Crippen LogP contribution in [0.3, 0.4) is 0 Å². The minimum atomic E-state index is -3.92. The van der Waals surface area contributed by atoms with Crippen molar-refractivity contribution in [2.75, 3.05) is 36.8 Å². The Morgan fingerprint density at radius 2 is 1.48 bits per heavy atom. The fraction of sp³-hybridized carbons (Fsp3) is 0.381. The summed E-state index contributed by atoms with van der Waals surface area (Å²) in [6.07, 6.45) is 1.47. The number of Topliss-reactive ketones (excluding diaryl/α,β-unsaturated/α-hetero) is 1. The lowest BCUT2D eigenvalue weighted by Crippen LogP contribution is -2.36. The van der Waals surface area contributed by atoms with Crippen molar-refractivity contribution in [3.05, 3.63) is 48.5 Å². The Morgan fingerprint density at radius 3 is 2.03 bits per heavy atom. The average Bonchev–Trinajstić information content (AvgIpc) is 2.74. The molecule has 2 aromatic rings. The van der Waals surface area contributed by atoms with Crippen LogP contribution in [0.1, 0.15) is 19.8 Å². The Labute approximate surface area is 184 Å². The Balaban J connectivity index is 1.82. The monoisotopic (exact) mass is 465 g/mol. The zero-order chi connectivity index (χ0) is 22.8. The molecule has 0 radical (unpaired) electrons. The highest BCUT2D eigenvalue weighted by Gasteiger charge is 2.25. The van der Waals surface area contributed by atoms with Gasteiger partial charge in [0.2, 0.25) is 10.0 Å². The molecule has 0 spiro atoms. The molecule has 0 saturated carbocycles. The number of para-hydroxylation sites is 2. The summed E-state index contributed by atoms with van der Waals surface area (Å²) in [4.78, 5) is 13.7. The molecule has 0 atom stereocenters. The predicted molar refractivity (Wildman–Crippen MR) is 120 cm³/mol. The molecule has 1 fully saturated rings. The number of anilines is 2. The maximum Gasteiger partial charge on any atom is 0.261 e. The standard InChI is InChI=1S/C21H27N3O5S2/c1-16(25)17-12-14-24(15-13-17)21-7-5-4-6-20(21)22-30(26,27)18-8-10-19(11-9-18)31(28,29)23(2)3/h4-11,17,22H,12-15H2,1-3H3. The van der Waals surface area contributed by atoms with E-state index in [1.54, 1.807) is 19.1 Å². The summed E-state index contributed by atoms with van der Waals surface area (Å²) < 4.78 is 54.0. The average molecular weight is 466 g/mol. The summed E-state index contributed by atoms with van der Waals surface area (Å²) in [6, 6.07) is 12.2. The number of rotatable bonds is 7. The molecule has 1 aliphatic rings. The first-order valence-corrected chi connectivity index (χ1v) is 12.8. The lowest BCUT2D eigenvalue weighted by molar-refractivity contribution is -0.121. The van der Waals surface area contributed by atoms with Crippen LogP contribution >= 0.6 is 0 Å². The Bertz CT molecular complexity index is 1150. The first-order valence-electron chi connectivity index (χ1n) is 9.92. The summed E-state index contributed by atoms with van der Waals surface area (Å²) in [5, 5.41) is 0. The van der Waals surface area contributed by atoms with Crippen LogP contribution in [0.5, 0.6) is 0 Å². The maximum atomic E-state index is 12.9. The third kappa shape index (κ3) is 5.08. The van der Waals surface area contributed by atoms with Crippen molar-refractivity contribution in [3.8, 4) is 0 Å². The molecule has 0 aromatic heterocycles. The second-order valence-electron chi connectivity index (χ2n) is 7.75. The largest absolute Gasteiger partial charge is 0.370 e. The topological polar surface area (TPSA) is 104 Å². The number of hydrogen-bond acceptors (Lipinski definition) is 6. The molecule has 0 amide bonds. The van der Waals surface area contributed by atoms with E-state index in [2.05, 4.69) is 9.62 Å². The van der Waals surface area contributed by atoms with Crippen molar-refractivity contribution in [1.82, 2.24) is 4.31 Å². The summed E-state index contributed by atoms with van der Waals surface area (Å²) in [5.74, 6) is 0.241. The number of sulfonamides is 2. The van der Waals surface area contributed by atoms with Gasteiger partial charge in [0.1, 0.15) is 5.78 Å². The van der Waals surface area contributed by atoms with Crippen LogP contribution in [0.25, 0.3) is 0 Å². The molecule has 10 heteroatoms. The Kier molecular flexibility index (Phi) is 6.73. The third-order valence-electron chi connectivity index (χ3n) is 5.47. The highest BCUT2D eigenvalue weighted by Crippen LogP contribution is 2.31. The summed E-state index contributed by atoms with van der Waals surface area (Å²) in [6.45, 7) is 2.94. The van der Waals surface area contributed by atoms with Gasteiger partial charge < -0.3 is 4.90 Å². The second-order valence-corrected chi connectivity index (χ2v) is 11.6. The van der Waals surface area contributed by atoms with Gasteiger partial charge >= 0.3 is 0 Å². The zero-order valence-corrected chi connectivity index (χ0v) is 19.4. The molecule has 1 heterocycles. The molecule has 0 bridgehead atoms. The third-order valence-corrected chi connectivity index (χ3v) is 8.68. The number of ketones is 1. The van der Waals surface area contributed by atoms with Gasteiger partial charge in [0.05, 0.1) is 21.2 Å². The van der Waals surface area contributed by atoms with Crippen LogP contribution in [0.2, 0.25) is 0 Å². The molecule has 3 rings (SSSR count). The van der Waals surface area contributed by atoms with E-state index < -0.39 is 20.0 Å². The van der Waals surface area contributed by atoms with Gasteiger partial charge in [-0.1, -0.05) is 12.1 Å². The van der Waals surface area contributed by atoms with Crippen molar-refractivity contribution in [2.45, 2.75) is 29.6 Å². The van der Waals surface area contributed by atoms with Crippen molar-refractivity contribution in [1.29, 1.82) is 0 Å². The van der Waals surface area contributed by atoms with Crippen LogP contribution in [0.4, 0.5) is 11.4 Å². The Morgan fingerprint density at radius 1 is 0.935 bits per heavy atom. The first kappa shape index (κ1) is 23.2. The molecular weight excluding hydrogens is 438 g/mol. The molecular formula is C21H27N3O5S2. The number of piperidine rings is 1. The highest BCUT2D eigenvalue weighted by molar-refractivity contribution is 7.92. The number of nitrogens with one attached hydrogen (secondary N) is 1. The molecule has 0 unspecified atom stereocenters. The SMILES string of the molecule is CC(=O)C1CCN(c2ccccc2NS(=O)(=O)c2ccc(S(=O)(=O)N(C)C)cc2)CC1. The van der Waals surface area contributed by atoms with E-state index in [4.69, 9.17) is 0 Å². The second kappa shape index (κ2) is 8.97. The Hall–Kier alpha value is -2.43. The summed E-state index contributed by atoms with van der Waals surface area (Å²) in [7, 11) is -4.73. The molecule has 1 N–H and O–H groups in total. The van der Waals surface area contributed by atoms with Gasteiger partial charge in [-0.2, -0.15) is 0 Å². The lowest BCUT2D eigenvalue weighted by atomic mass is 9.93. The molecule has 0 aliphatic carbocycles. The molecule has 1 aliphatic heterocycles. The van der Waals surface area contributed by atoms with Gasteiger partial charge in [-0.05, 0) is 56.2 Å². The van der Waals surface area contributed by atoms with Gasteiger partial charge in [-0.15, -0.1) is 0 Å². The minimum Gasteiger partial charge on any atom is -0.370 e. The first-order chi connectivity index (χ1) is 14.5. The number of carbonyl (C=O) groups is 1. The fourth-order valence-corrected chi connectivity index (χ4v) is 5.54. The molecule has 8 nitrogen and oxygen atoms in total. The number of carbonyl (C=O) groups excluding carboxylic acids is 1. The number of nitrogens with zero attached hydrogens (tertiary/aromatic N) is 2. The van der Waals surface area contributed by atoms with E-state index in [0.29, 0.717) is 18.8 Å². The van der Waals surface area contributed by atoms with E-state index >= 15 is 0 Å². The van der Waals surface area contributed by atoms with Gasteiger partial charge in [0, 0.05) is 33.1 Å². The van der Waals surface area contributed by atoms with Gasteiger partial charge in [0.25, 0.3) is 10.0 Å². The van der Waals surface area contributed by atoms with Crippen LogP contribution in [-0.4, -0.2) is 54.1 Å². The van der Waals surface area contributed by atoms with Crippen molar-refractivity contribution in [2.24, 2.45) is 5.92 Å². The van der Waals surface area contributed by atoms with Crippen LogP contribution in [-0.2, 0) is 24.8 Å². The summed E-state index contributed by atoms with van der Waals surface area (Å²) >= 11 is 0. The zero-order valence-electron chi connectivity index (χ0n) is 17.8. The van der Waals surface area contributed by atoms with Crippen molar-refractivity contribution in [3.63, 3.8) is 0 Å². The normalized spacial score (nSPS) is 15.8. The van der Waals surface area contributed by atoms with E-state index in [1.165, 1.54) is 38.4 Å². The number of hydrogen-bond donors (Lipinski definition) is 1. The fourth-order valence-electron chi connectivity index (χ4n) is 3.57. The number of benzene rings is 2. The molecule has 168 valence electrons. The van der Waals surface area contributed by atoms with Crippen LogP contribution < -0.4 is 9.62 Å². The molecule has 31 heavy (non-hydrogen) atoms. The summed E-state index contributed by atoms with van der Waals surface area (Å²) in [5.41, 5.74) is 1.19. The van der Waals surface area contributed by atoms with Gasteiger partial charge in [-0.25, -0.2) is 21.1 Å². The molecule has 1 saturated heterocycles. The predicted octanol–water partition coefficient (Wildman–Crippen LogP) is 2.54. The van der Waals surface area contributed by atoms with E-state index in [0.717, 1.165) is 22.8 Å². The minimum absolute atomic E-state index is 0.0187. The van der Waals surface area contributed by atoms with Crippen molar-refractivity contribution >= 4 is 37.2 Å². The van der Waals surface area contributed by atoms with Crippen LogP contribution in [0.15, 0.2) is 58.3 Å². The van der Waals surface area contributed by atoms with E-state index in [-0.39, 0.29) is 21.5 Å². The highest BCUT2D eigenvalue weighted by atomic mass is 32.2. The van der Waals surface area contributed by atoms with Gasteiger partial charge in [-0.3, -0.25) is 9.52 Å². The molecule has 2 aromatic carbocycles.